The molecule has 1 heterocycles. The fourth-order valence-electron chi connectivity index (χ4n) is 2.47. The fraction of sp³-hybridized carbons (Fsp3) is 0.615. The Morgan fingerprint density at radius 3 is 2.62 bits per heavy atom. The van der Waals surface area contributed by atoms with Gasteiger partial charge in [-0.2, -0.15) is 0 Å². The Morgan fingerprint density at radius 2 is 2.12 bits per heavy atom. The van der Waals surface area contributed by atoms with Crippen molar-refractivity contribution < 1.29 is 9.90 Å². The maximum atomic E-state index is 11.2. The van der Waals surface area contributed by atoms with Gasteiger partial charge in [-0.05, 0) is 50.0 Å². The number of carboxylic acid groups (broad SMARTS) is 1. The average Bonchev–Trinajstić information content (AvgIpc) is 2.84. The van der Waals surface area contributed by atoms with Crippen LogP contribution in [0.3, 0.4) is 0 Å². The van der Waals surface area contributed by atoms with Gasteiger partial charge in [0.1, 0.15) is 0 Å². The molecule has 1 aromatic rings. The number of hydrogen-bond acceptors (Lipinski definition) is 1. The highest BCUT2D eigenvalue weighted by molar-refractivity contribution is 5.89. The SMILES string of the molecule is O=C(O)c1cc(CC2CC2)[nH]c1C1CCC1. The summed E-state index contributed by atoms with van der Waals surface area (Å²) in [5, 5.41) is 9.18. The smallest absolute Gasteiger partial charge is 0.337 e. The third kappa shape index (κ3) is 1.75. The zero-order valence-corrected chi connectivity index (χ0v) is 9.33. The van der Waals surface area contributed by atoms with Crippen LogP contribution in [-0.4, -0.2) is 16.1 Å². The molecule has 2 saturated carbocycles. The van der Waals surface area contributed by atoms with E-state index in [1.54, 1.807) is 0 Å². The first-order valence-electron chi connectivity index (χ1n) is 6.19. The quantitative estimate of drug-likeness (QED) is 0.818. The van der Waals surface area contributed by atoms with Gasteiger partial charge in [0.25, 0.3) is 0 Å². The molecule has 0 amide bonds. The Balaban J connectivity index is 1.86. The normalized spacial score (nSPS) is 20.8. The summed E-state index contributed by atoms with van der Waals surface area (Å²) in [6, 6.07) is 1.86. The topological polar surface area (TPSA) is 53.1 Å². The molecule has 2 fully saturated rings. The standard InChI is InChI=1S/C13H17NO2/c15-13(16)11-7-10(6-8-4-5-8)14-12(11)9-2-1-3-9/h7-9,14H,1-6H2,(H,15,16). The molecule has 0 saturated heterocycles. The van der Waals surface area contributed by atoms with Gasteiger partial charge in [-0.25, -0.2) is 4.79 Å². The van der Waals surface area contributed by atoms with E-state index in [1.165, 1.54) is 19.3 Å². The molecule has 1 aromatic heterocycles. The van der Waals surface area contributed by atoms with Gasteiger partial charge in [-0.1, -0.05) is 6.42 Å². The first-order valence-corrected chi connectivity index (χ1v) is 6.19. The molecule has 3 rings (SSSR count). The number of carbonyl (C=O) groups is 1. The molecule has 0 aromatic carbocycles. The Labute approximate surface area is 94.9 Å². The van der Waals surface area contributed by atoms with Crippen molar-refractivity contribution in [2.75, 3.05) is 0 Å². The van der Waals surface area contributed by atoms with Gasteiger partial charge in [0.05, 0.1) is 5.56 Å². The van der Waals surface area contributed by atoms with Gasteiger partial charge in [-0.3, -0.25) is 0 Å². The van der Waals surface area contributed by atoms with Crippen molar-refractivity contribution in [2.45, 2.75) is 44.4 Å². The van der Waals surface area contributed by atoms with Crippen LogP contribution in [0.15, 0.2) is 6.07 Å². The van der Waals surface area contributed by atoms with Crippen molar-refractivity contribution in [3.8, 4) is 0 Å². The summed E-state index contributed by atoms with van der Waals surface area (Å²) in [4.78, 5) is 14.5. The number of nitrogens with one attached hydrogen (secondary N) is 1. The number of aromatic carboxylic acids is 1. The van der Waals surface area contributed by atoms with Crippen LogP contribution >= 0.6 is 0 Å². The first-order chi connectivity index (χ1) is 7.74. The Morgan fingerprint density at radius 1 is 1.38 bits per heavy atom. The van der Waals surface area contributed by atoms with Gasteiger partial charge < -0.3 is 10.1 Å². The van der Waals surface area contributed by atoms with Crippen molar-refractivity contribution in [3.05, 3.63) is 23.0 Å². The van der Waals surface area contributed by atoms with Crippen molar-refractivity contribution >= 4 is 5.97 Å². The molecule has 0 atom stereocenters. The lowest BCUT2D eigenvalue weighted by Crippen LogP contribution is -2.13. The summed E-state index contributed by atoms with van der Waals surface area (Å²) < 4.78 is 0. The summed E-state index contributed by atoms with van der Waals surface area (Å²) in [5.74, 6) is 0.494. The summed E-state index contributed by atoms with van der Waals surface area (Å²) in [7, 11) is 0. The molecule has 2 aliphatic rings. The summed E-state index contributed by atoms with van der Waals surface area (Å²) in [5.41, 5.74) is 2.62. The van der Waals surface area contributed by atoms with E-state index < -0.39 is 5.97 Å². The third-order valence-electron chi connectivity index (χ3n) is 3.85. The van der Waals surface area contributed by atoms with E-state index >= 15 is 0 Å². The highest BCUT2D eigenvalue weighted by Gasteiger charge is 2.28. The second-order valence-corrected chi connectivity index (χ2v) is 5.20. The molecule has 0 spiro atoms. The van der Waals surface area contributed by atoms with E-state index in [2.05, 4.69) is 4.98 Å². The Hall–Kier alpha value is -1.25. The minimum atomic E-state index is -0.778. The van der Waals surface area contributed by atoms with Crippen molar-refractivity contribution in [1.82, 2.24) is 4.98 Å². The average molecular weight is 219 g/mol. The lowest BCUT2D eigenvalue weighted by atomic mass is 9.82. The molecule has 3 nitrogen and oxygen atoms in total. The zero-order chi connectivity index (χ0) is 11.1. The van der Waals surface area contributed by atoms with Crippen molar-refractivity contribution in [3.63, 3.8) is 0 Å². The van der Waals surface area contributed by atoms with E-state index in [-0.39, 0.29) is 0 Å². The zero-order valence-electron chi connectivity index (χ0n) is 9.33. The third-order valence-corrected chi connectivity index (χ3v) is 3.85. The van der Waals surface area contributed by atoms with Crippen LogP contribution < -0.4 is 0 Å². The van der Waals surface area contributed by atoms with E-state index in [9.17, 15) is 9.90 Å². The van der Waals surface area contributed by atoms with E-state index in [4.69, 9.17) is 0 Å². The monoisotopic (exact) mass is 219 g/mol. The number of carboxylic acids is 1. The van der Waals surface area contributed by atoms with Crippen molar-refractivity contribution in [1.29, 1.82) is 0 Å². The minimum absolute atomic E-state index is 0.471. The van der Waals surface area contributed by atoms with E-state index in [1.807, 2.05) is 6.07 Å². The molecular weight excluding hydrogens is 202 g/mol. The Bertz CT molecular complexity index is 414. The molecule has 0 bridgehead atoms. The van der Waals surface area contributed by atoms with Crippen LogP contribution in [0.25, 0.3) is 0 Å². The molecule has 0 radical (unpaired) electrons. The minimum Gasteiger partial charge on any atom is -0.478 e. The number of aromatic nitrogens is 1. The highest BCUT2D eigenvalue weighted by atomic mass is 16.4. The van der Waals surface area contributed by atoms with E-state index in [0.717, 1.165) is 36.6 Å². The predicted octanol–water partition coefficient (Wildman–Crippen LogP) is 2.93. The molecule has 0 unspecified atom stereocenters. The van der Waals surface area contributed by atoms with Gasteiger partial charge in [-0.15, -0.1) is 0 Å². The molecule has 16 heavy (non-hydrogen) atoms. The largest absolute Gasteiger partial charge is 0.478 e. The number of H-pyrrole nitrogens is 1. The highest BCUT2D eigenvalue weighted by Crippen LogP contribution is 2.39. The molecule has 2 N–H and O–H groups in total. The van der Waals surface area contributed by atoms with E-state index in [0.29, 0.717) is 11.5 Å². The van der Waals surface area contributed by atoms with Crippen LogP contribution in [0.5, 0.6) is 0 Å². The first kappa shape index (κ1) is 9.94. The fourth-order valence-corrected chi connectivity index (χ4v) is 2.47. The van der Waals surface area contributed by atoms with Gasteiger partial charge in [0.15, 0.2) is 0 Å². The molecule has 2 aliphatic carbocycles. The van der Waals surface area contributed by atoms with Gasteiger partial charge >= 0.3 is 5.97 Å². The number of aromatic amines is 1. The maximum Gasteiger partial charge on any atom is 0.337 e. The molecule has 86 valence electrons. The van der Waals surface area contributed by atoms with Crippen molar-refractivity contribution in [2.24, 2.45) is 5.92 Å². The Kier molecular flexibility index (Phi) is 2.27. The molecule has 0 aliphatic heterocycles. The van der Waals surface area contributed by atoms with Crippen LogP contribution in [0.2, 0.25) is 0 Å². The summed E-state index contributed by atoms with van der Waals surface area (Å²) >= 11 is 0. The number of hydrogen-bond donors (Lipinski definition) is 2. The molecular formula is C13H17NO2. The van der Waals surface area contributed by atoms with Crippen LogP contribution in [-0.2, 0) is 6.42 Å². The second-order valence-electron chi connectivity index (χ2n) is 5.20. The predicted molar refractivity (Wildman–Crippen MR) is 60.8 cm³/mol. The molecule has 3 heteroatoms. The van der Waals surface area contributed by atoms with Crippen LogP contribution in [0.4, 0.5) is 0 Å². The summed E-state index contributed by atoms with van der Waals surface area (Å²) in [6.45, 7) is 0. The number of rotatable bonds is 4. The van der Waals surface area contributed by atoms with Gasteiger partial charge in [0, 0.05) is 11.4 Å². The lowest BCUT2D eigenvalue weighted by Gasteiger charge is -2.25. The summed E-state index contributed by atoms with van der Waals surface area (Å²) in [6.07, 6.45) is 7.17. The van der Waals surface area contributed by atoms with Crippen LogP contribution in [0.1, 0.15) is 59.8 Å². The lowest BCUT2D eigenvalue weighted by molar-refractivity contribution is 0.0694. The maximum absolute atomic E-state index is 11.2. The second kappa shape index (κ2) is 3.65. The van der Waals surface area contributed by atoms with Gasteiger partial charge in [0.2, 0.25) is 0 Å². The van der Waals surface area contributed by atoms with Crippen LogP contribution in [0, 0.1) is 5.92 Å².